The first-order chi connectivity index (χ1) is 7.38. The molecule has 1 amide bonds. The number of nitrogens with one attached hydrogen (secondary N) is 1. The zero-order valence-corrected chi connectivity index (χ0v) is 10.5. The number of carboxylic acid groups (broad SMARTS) is 1. The van der Waals surface area contributed by atoms with Crippen molar-refractivity contribution in [1.82, 2.24) is 10.2 Å². The molecule has 0 aromatic rings. The smallest absolute Gasteiger partial charge is 0.326 e. The fourth-order valence-electron chi connectivity index (χ4n) is 1.44. The molecular formula is C11H22N2O3. The standard InChI is InChI=1S/C11H22N2O3/c1-5-6-13(4)7-9(14)12-10(8(2)3)11(15)16/h8,10H,5-7H2,1-4H3,(H,12,14)(H,15,16)/t10-/m1/s1. The average molecular weight is 230 g/mol. The Labute approximate surface area is 96.8 Å². The summed E-state index contributed by atoms with van der Waals surface area (Å²) < 4.78 is 0. The monoisotopic (exact) mass is 230 g/mol. The summed E-state index contributed by atoms with van der Waals surface area (Å²) in [6.45, 7) is 6.64. The van der Waals surface area contributed by atoms with Crippen LogP contribution in [-0.4, -0.2) is 48.1 Å². The normalized spacial score (nSPS) is 12.9. The van der Waals surface area contributed by atoms with E-state index < -0.39 is 12.0 Å². The number of carboxylic acids is 1. The van der Waals surface area contributed by atoms with Crippen LogP contribution in [0, 0.1) is 5.92 Å². The van der Waals surface area contributed by atoms with Crippen molar-refractivity contribution in [2.24, 2.45) is 5.92 Å². The summed E-state index contributed by atoms with van der Waals surface area (Å²) in [6.07, 6.45) is 0.969. The summed E-state index contributed by atoms with van der Waals surface area (Å²) in [5.74, 6) is -1.34. The Bertz CT molecular complexity index is 241. The van der Waals surface area contributed by atoms with Gasteiger partial charge in [-0.15, -0.1) is 0 Å². The van der Waals surface area contributed by atoms with Crippen molar-refractivity contribution in [3.8, 4) is 0 Å². The number of carbonyl (C=O) groups is 2. The number of rotatable bonds is 7. The van der Waals surface area contributed by atoms with Crippen LogP contribution in [0.15, 0.2) is 0 Å². The zero-order chi connectivity index (χ0) is 12.7. The van der Waals surface area contributed by atoms with Gasteiger partial charge in [-0.05, 0) is 25.9 Å². The third-order valence-electron chi connectivity index (χ3n) is 2.27. The Morgan fingerprint density at radius 3 is 2.31 bits per heavy atom. The first-order valence-corrected chi connectivity index (χ1v) is 5.59. The molecule has 0 aromatic heterocycles. The predicted octanol–water partition coefficient (Wildman–Crippen LogP) is 0.554. The van der Waals surface area contributed by atoms with Gasteiger partial charge >= 0.3 is 5.97 Å². The molecular weight excluding hydrogens is 208 g/mol. The second-order valence-electron chi connectivity index (χ2n) is 4.37. The highest BCUT2D eigenvalue weighted by atomic mass is 16.4. The number of likely N-dealkylation sites (N-methyl/N-ethyl adjacent to an activating group) is 1. The number of aliphatic carboxylic acids is 1. The van der Waals surface area contributed by atoms with Crippen LogP contribution in [0.25, 0.3) is 0 Å². The quantitative estimate of drug-likeness (QED) is 0.670. The molecule has 0 bridgehead atoms. The van der Waals surface area contributed by atoms with Crippen LogP contribution in [0.5, 0.6) is 0 Å². The van der Waals surface area contributed by atoms with Crippen LogP contribution in [0.4, 0.5) is 0 Å². The van der Waals surface area contributed by atoms with Gasteiger partial charge in [0.2, 0.25) is 5.91 Å². The van der Waals surface area contributed by atoms with Gasteiger partial charge in [-0.1, -0.05) is 20.8 Å². The maximum Gasteiger partial charge on any atom is 0.326 e. The Kier molecular flexibility index (Phi) is 6.72. The molecule has 0 aliphatic heterocycles. The molecule has 1 atom stereocenters. The van der Waals surface area contributed by atoms with Crippen LogP contribution in [0.3, 0.4) is 0 Å². The molecule has 0 saturated carbocycles. The van der Waals surface area contributed by atoms with Gasteiger partial charge in [0.05, 0.1) is 6.54 Å². The Balaban J connectivity index is 4.15. The van der Waals surface area contributed by atoms with Crippen molar-refractivity contribution in [2.45, 2.75) is 33.2 Å². The SMILES string of the molecule is CCCN(C)CC(=O)N[C@@H](C(=O)O)C(C)C. The van der Waals surface area contributed by atoms with Gasteiger partial charge in [-0.25, -0.2) is 4.79 Å². The Hall–Kier alpha value is -1.10. The third kappa shape index (κ3) is 5.70. The summed E-state index contributed by atoms with van der Waals surface area (Å²) in [4.78, 5) is 24.3. The maximum absolute atomic E-state index is 11.5. The van der Waals surface area contributed by atoms with E-state index in [1.165, 1.54) is 0 Å². The van der Waals surface area contributed by atoms with E-state index in [1.807, 2.05) is 18.9 Å². The van der Waals surface area contributed by atoms with E-state index in [9.17, 15) is 9.59 Å². The van der Waals surface area contributed by atoms with Gasteiger partial charge in [-0.2, -0.15) is 0 Å². The number of hydrogen-bond donors (Lipinski definition) is 2. The molecule has 0 aromatic carbocycles. The molecule has 0 spiro atoms. The van der Waals surface area contributed by atoms with Crippen LogP contribution < -0.4 is 5.32 Å². The van der Waals surface area contributed by atoms with E-state index in [2.05, 4.69) is 5.32 Å². The van der Waals surface area contributed by atoms with Crippen molar-refractivity contribution in [3.05, 3.63) is 0 Å². The van der Waals surface area contributed by atoms with E-state index >= 15 is 0 Å². The average Bonchev–Trinajstić information content (AvgIpc) is 2.13. The first-order valence-electron chi connectivity index (χ1n) is 5.59. The Morgan fingerprint density at radius 2 is 1.94 bits per heavy atom. The van der Waals surface area contributed by atoms with Gasteiger partial charge in [0, 0.05) is 0 Å². The topological polar surface area (TPSA) is 69.6 Å². The van der Waals surface area contributed by atoms with Crippen molar-refractivity contribution in [3.63, 3.8) is 0 Å². The van der Waals surface area contributed by atoms with E-state index in [4.69, 9.17) is 5.11 Å². The molecule has 0 heterocycles. The van der Waals surface area contributed by atoms with Crippen molar-refractivity contribution in [2.75, 3.05) is 20.1 Å². The van der Waals surface area contributed by atoms with Gasteiger partial charge in [0.15, 0.2) is 0 Å². The molecule has 0 aliphatic carbocycles. The third-order valence-corrected chi connectivity index (χ3v) is 2.27. The summed E-state index contributed by atoms with van der Waals surface area (Å²) in [5, 5.41) is 11.4. The zero-order valence-electron chi connectivity index (χ0n) is 10.5. The second kappa shape index (κ2) is 7.22. The van der Waals surface area contributed by atoms with Crippen molar-refractivity contribution < 1.29 is 14.7 Å². The van der Waals surface area contributed by atoms with Crippen LogP contribution in [-0.2, 0) is 9.59 Å². The minimum atomic E-state index is -0.985. The van der Waals surface area contributed by atoms with E-state index in [-0.39, 0.29) is 18.4 Å². The molecule has 5 nitrogen and oxygen atoms in total. The molecule has 5 heteroatoms. The van der Waals surface area contributed by atoms with E-state index in [0.29, 0.717) is 0 Å². The first kappa shape index (κ1) is 14.9. The van der Waals surface area contributed by atoms with Crippen molar-refractivity contribution in [1.29, 1.82) is 0 Å². The maximum atomic E-state index is 11.5. The lowest BCUT2D eigenvalue weighted by atomic mass is 10.0. The Morgan fingerprint density at radius 1 is 1.38 bits per heavy atom. The second-order valence-corrected chi connectivity index (χ2v) is 4.37. The number of hydrogen-bond acceptors (Lipinski definition) is 3. The fraction of sp³-hybridized carbons (Fsp3) is 0.818. The minimum Gasteiger partial charge on any atom is -0.480 e. The largest absolute Gasteiger partial charge is 0.480 e. The highest BCUT2D eigenvalue weighted by molar-refractivity contribution is 5.84. The van der Waals surface area contributed by atoms with E-state index in [0.717, 1.165) is 13.0 Å². The summed E-state index contributed by atoms with van der Waals surface area (Å²) >= 11 is 0. The van der Waals surface area contributed by atoms with Gasteiger partial charge in [0.1, 0.15) is 6.04 Å². The molecule has 0 aliphatic rings. The number of amides is 1. The molecule has 0 saturated heterocycles. The fourth-order valence-corrected chi connectivity index (χ4v) is 1.44. The van der Waals surface area contributed by atoms with Crippen LogP contribution in [0.1, 0.15) is 27.2 Å². The summed E-state index contributed by atoms with van der Waals surface area (Å²) in [5.41, 5.74) is 0. The molecule has 0 unspecified atom stereocenters. The molecule has 16 heavy (non-hydrogen) atoms. The highest BCUT2D eigenvalue weighted by Gasteiger charge is 2.23. The highest BCUT2D eigenvalue weighted by Crippen LogP contribution is 2.01. The lowest BCUT2D eigenvalue weighted by Gasteiger charge is -2.20. The van der Waals surface area contributed by atoms with Crippen molar-refractivity contribution >= 4 is 11.9 Å². The predicted molar refractivity (Wildman–Crippen MR) is 62.2 cm³/mol. The lowest BCUT2D eigenvalue weighted by molar-refractivity contribution is -0.143. The lowest BCUT2D eigenvalue weighted by Crippen LogP contribution is -2.47. The molecule has 0 rings (SSSR count). The van der Waals surface area contributed by atoms with Crippen LogP contribution in [0.2, 0.25) is 0 Å². The number of nitrogens with zero attached hydrogens (tertiary/aromatic N) is 1. The summed E-state index contributed by atoms with van der Waals surface area (Å²) in [6, 6.07) is -0.803. The number of carbonyl (C=O) groups excluding carboxylic acids is 1. The summed E-state index contributed by atoms with van der Waals surface area (Å²) in [7, 11) is 1.84. The molecule has 94 valence electrons. The van der Waals surface area contributed by atoms with Gasteiger partial charge in [-0.3, -0.25) is 9.69 Å². The van der Waals surface area contributed by atoms with Gasteiger partial charge in [0.25, 0.3) is 0 Å². The van der Waals surface area contributed by atoms with Gasteiger partial charge < -0.3 is 10.4 Å². The molecule has 0 fully saturated rings. The molecule has 0 radical (unpaired) electrons. The minimum absolute atomic E-state index is 0.113. The van der Waals surface area contributed by atoms with Crippen LogP contribution >= 0.6 is 0 Å². The van der Waals surface area contributed by atoms with E-state index in [1.54, 1.807) is 13.8 Å². The molecule has 2 N–H and O–H groups in total.